The second kappa shape index (κ2) is 7.43. The van der Waals surface area contributed by atoms with Gasteiger partial charge >= 0.3 is 0 Å². The van der Waals surface area contributed by atoms with Crippen LogP contribution in [0.5, 0.6) is 0 Å². The van der Waals surface area contributed by atoms with Crippen LogP contribution in [-0.4, -0.2) is 86.7 Å². The van der Waals surface area contributed by atoms with E-state index in [1.54, 1.807) is 0 Å². The Labute approximate surface area is 113 Å². The minimum absolute atomic E-state index is 0.267. The predicted molar refractivity (Wildman–Crippen MR) is 79.2 cm³/mol. The first-order valence-corrected chi connectivity index (χ1v) is 7.22. The fourth-order valence-corrected chi connectivity index (χ4v) is 2.25. The average molecular weight is 256 g/mol. The van der Waals surface area contributed by atoms with Crippen LogP contribution >= 0.6 is 0 Å². The highest BCUT2D eigenvalue weighted by atomic mass is 15.2. The second-order valence-corrected chi connectivity index (χ2v) is 6.51. The zero-order valence-electron chi connectivity index (χ0n) is 13.0. The summed E-state index contributed by atoms with van der Waals surface area (Å²) in [6, 6.07) is 0. The number of nitrogens with one attached hydrogen (secondary N) is 1. The summed E-state index contributed by atoms with van der Waals surface area (Å²) in [5, 5.41) is 3.55. The molecule has 4 nitrogen and oxygen atoms in total. The maximum atomic E-state index is 3.55. The Bertz CT molecular complexity index is 224. The molecule has 0 aromatic carbocycles. The van der Waals surface area contributed by atoms with E-state index in [9.17, 15) is 0 Å². The number of hydrogen-bond acceptors (Lipinski definition) is 4. The molecule has 1 rings (SSSR count). The van der Waals surface area contributed by atoms with Gasteiger partial charge in [-0.2, -0.15) is 0 Å². The maximum absolute atomic E-state index is 3.55. The average Bonchev–Trinajstić information content (AvgIpc) is 2.26. The minimum Gasteiger partial charge on any atom is -0.314 e. The highest BCUT2D eigenvalue weighted by Gasteiger charge is 2.21. The molecule has 0 radical (unpaired) electrons. The molecule has 0 spiro atoms. The maximum Gasteiger partial charge on any atom is 0.0126 e. The van der Waals surface area contributed by atoms with Gasteiger partial charge in [-0.05, 0) is 34.9 Å². The van der Waals surface area contributed by atoms with E-state index in [-0.39, 0.29) is 5.54 Å². The van der Waals surface area contributed by atoms with E-state index in [1.165, 1.54) is 0 Å². The highest BCUT2D eigenvalue weighted by Crippen LogP contribution is 2.12. The smallest absolute Gasteiger partial charge is 0.0126 e. The van der Waals surface area contributed by atoms with Gasteiger partial charge in [0, 0.05) is 57.9 Å². The summed E-state index contributed by atoms with van der Waals surface area (Å²) in [7, 11) is 4.45. The summed E-state index contributed by atoms with van der Waals surface area (Å²) in [5.41, 5.74) is 0.267. The minimum atomic E-state index is 0.267. The summed E-state index contributed by atoms with van der Waals surface area (Å²) in [6.45, 7) is 16.0. The first kappa shape index (κ1) is 15.9. The Hall–Kier alpha value is -0.160. The third-order valence-corrected chi connectivity index (χ3v) is 3.79. The Morgan fingerprint density at radius 2 is 1.22 bits per heavy atom. The molecule has 0 aromatic heterocycles. The van der Waals surface area contributed by atoms with Crippen LogP contribution in [-0.2, 0) is 0 Å². The lowest BCUT2D eigenvalue weighted by Gasteiger charge is -2.37. The third kappa shape index (κ3) is 6.14. The molecular weight excluding hydrogens is 224 g/mol. The van der Waals surface area contributed by atoms with Gasteiger partial charge in [0.1, 0.15) is 0 Å². The van der Waals surface area contributed by atoms with E-state index in [1.807, 2.05) is 0 Å². The molecule has 108 valence electrons. The third-order valence-electron chi connectivity index (χ3n) is 3.79. The Morgan fingerprint density at radius 1 is 0.722 bits per heavy atom. The van der Waals surface area contributed by atoms with Crippen molar-refractivity contribution in [2.75, 3.05) is 66.5 Å². The van der Waals surface area contributed by atoms with E-state index in [2.05, 4.69) is 54.9 Å². The standard InChI is InChI=1S/C14H32N4/c1-14(2,3)18-9-7-15-6-8-16(4)10-11-17(5)12-13-18/h15H,6-13H2,1-5H3. The zero-order chi connectivity index (χ0) is 13.6. The van der Waals surface area contributed by atoms with Crippen LogP contribution in [0.2, 0.25) is 0 Å². The van der Waals surface area contributed by atoms with Crippen molar-refractivity contribution in [2.24, 2.45) is 0 Å². The van der Waals surface area contributed by atoms with Gasteiger partial charge in [0.05, 0.1) is 0 Å². The quantitative estimate of drug-likeness (QED) is 0.683. The number of nitrogens with zero attached hydrogens (tertiary/aromatic N) is 3. The number of hydrogen-bond donors (Lipinski definition) is 1. The Balaban J connectivity index is 2.50. The molecular formula is C14H32N4. The summed E-state index contributed by atoms with van der Waals surface area (Å²) in [5.74, 6) is 0. The lowest BCUT2D eigenvalue weighted by atomic mass is 10.1. The van der Waals surface area contributed by atoms with Crippen molar-refractivity contribution in [1.82, 2.24) is 20.0 Å². The van der Waals surface area contributed by atoms with Crippen LogP contribution in [0.1, 0.15) is 20.8 Å². The van der Waals surface area contributed by atoms with E-state index >= 15 is 0 Å². The van der Waals surface area contributed by atoms with Crippen molar-refractivity contribution < 1.29 is 0 Å². The first-order valence-electron chi connectivity index (χ1n) is 7.22. The molecule has 0 saturated carbocycles. The molecule has 0 bridgehead atoms. The predicted octanol–water partition coefficient (Wildman–Crippen LogP) is 0.554. The fourth-order valence-electron chi connectivity index (χ4n) is 2.25. The summed E-state index contributed by atoms with van der Waals surface area (Å²) < 4.78 is 0. The van der Waals surface area contributed by atoms with Crippen LogP contribution in [0.3, 0.4) is 0 Å². The molecule has 1 fully saturated rings. The molecule has 1 saturated heterocycles. The van der Waals surface area contributed by atoms with E-state index in [4.69, 9.17) is 0 Å². The molecule has 0 aliphatic carbocycles. The number of rotatable bonds is 0. The van der Waals surface area contributed by atoms with Gasteiger partial charge in [-0.25, -0.2) is 0 Å². The summed E-state index contributed by atoms with van der Waals surface area (Å²) in [6.07, 6.45) is 0. The SMILES string of the molecule is CN1CCNCCN(C(C)(C)C)CCN(C)CC1. The van der Waals surface area contributed by atoms with Crippen molar-refractivity contribution in [1.29, 1.82) is 0 Å². The fraction of sp³-hybridized carbons (Fsp3) is 1.00. The molecule has 4 heteroatoms. The van der Waals surface area contributed by atoms with Crippen LogP contribution in [0, 0.1) is 0 Å². The molecule has 1 aliphatic heterocycles. The molecule has 18 heavy (non-hydrogen) atoms. The van der Waals surface area contributed by atoms with Gasteiger partial charge in [0.2, 0.25) is 0 Å². The Morgan fingerprint density at radius 3 is 1.83 bits per heavy atom. The molecule has 0 amide bonds. The Kier molecular flexibility index (Phi) is 6.57. The molecule has 1 N–H and O–H groups in total. The van der Waals surface area contributed by atoms with Crippen molar-refractivity contribution in [3.63, 3.8) is 0 Å². The van der Waals surface area contributed by atoms with Crippen LogP contribution in [0.4, 0.5) is 0 Å². The molecule has 1 heterocycles. The van der Waals surface area contributed by atoms with Crippen LogP contribution in [0.15, 0.2) is 0 Å². The van der Waals surface area contributed by atoms with Gasteiger partial charge in [0.15, 0.2) is 0 Å². The van der Waals surface area contributed by atoms with Gasteiger partial charge in [-0.3, -0.25) is 4.90 Å². The van der Waals surface area contributed by atoms with Crippen LogP contribution < -0.4 is 5.32 Å². The van der Waals surface area contributed by atoms with Gasteiger partial charge in [0.25, 0.3) is 0 Å². The molecule has 0 atom stereocenters. The van der Waals surface area contributed by atoms with Crippen molar-refractivity contribution in [2.45, 2.75) is 26.3 Å². The normalized spacial score (nSPS) is 24.5. The zero-order valence-corrected chi connectivity index (χ0v) is 13.0. The van der Waals surface area contributed by atoms with Crippen molar-refractivity contribution in [3.05, 3.63) is 0 Å². The number of likely N-dealkylation sites (N-methyl/N-ethyl adjacent to an activating group) is 2. The van der Waals surface area contributed by atoms with Crippen molar-refractivity contribution in [3.8, 4) is 0 Å². The van der Waals surface area contributed by atoms with Crippen LogP contribution in [0.25, 0.3) is 0 Å². The van der Waals surface area contributed by atoms with Crippen molar-refractivity contribution >= 4 is 0 Å². The highest BCUT2D eigenvalue weighted by molar-refractivity contribution is 4.78. The van der Waals surface area contributed by atoms with Gasteiger partial charge < -0.3 is 15.1 Å². The summed E-state index contributed by atoms with van der Waals surface area (Å²) in [4.78, 5) is 7.44. The van der Waals surface area contributed by atoms with E-state index in [0.29, 0.717) is 0 Å². The summed E-state index contributed by atoms with van der Waals surface area (Å²) >= 11 is 0. The molecule has 0 aromatic rings. The first-order chi connectivity index (χ1) is 8.39. The van der Waals surface area contributed by atoms with Gasteiger partial charge in [-0.15, -0.1) is 0 Å². The lowest BCUT2D eigenvalue weighted by molar-refractivity contribution is 0.116. The topological polar surface area (TPSA) is 21.8 Å². The van der Waals surface area contributed by atoms with E-state index in [0.717, 1.165) is 52.4 Å². The molecule has 0 unspecified atom stereocenters. The van der Waals surface area contributed by atoms with E-state index < -0.39 is 0 Å². The molecule has 1 aliphatic rings. The lowest BCUT2D eigenvalue weighted by Crippen LogP contribution is -2.49. The van der Waals surface area contributed by atoms with Gasteiger partial charge in [-0.1, -0.05) is 0 Å². The second-order valence-electron chi connectivity index (χ2n) is 6.51. The largest absolute Gasteiger partial charge is 0.314 e. The monoisotopic (exact) mass is 256 g/mol.